The van der Waals surface area contributed by atoms with E-state index in [0.717, 1.165) is 0 Å². The summed E-state index contributed by atoms with van der Waals surface area (Å²) in [5, 5.41) is 18.1. The molecule has 0 saturated carbocycles. The summed E-state index contributed by atoms with van der Waals surface area (Å²) in [4.78, 5) is 3.45. The fourth-order valence-corrected chi connectivity index (χ4v) is 2.40. The van der Waals surface area contributed by atoms with Gasteiger partial charge in [0.2, 0.25) is 10.0 Å². The van der Waals surface area contributed by atoms with Gasteiger partial charge >= 0.3 is 0 Å². The molecule has 1 atom stereocenters. The van der Waals surface area contributed by atoms with Crippen LogP contribution in [0.2, 0.25) is 0 Å². The van der Waals surface area contributed by atoms with E-state index in [9.17, 15) is 13.5 Å². The first kappa shape index (κ1) is 14.5. The van der Waals surface area contributed by atoms with E-state index < -0.39 is 16.1 Å². The van der Waals surface area contributed by atoms with Gasteiger partial charge in [-0.2, -0.15) is 5.26 Å². The number of hydrogen-bond donors (Lipinski definition) is 2. The van der Waals surface area contributed by atoms with E-state index in [1.165, 1.54) is 25.4 Å². The fraction of sp³-hybridized carbons (Fsp3) is 0.400. The molecule has 0 spiro atoms. The highest BCUT2D eigenvalue weighted by atomic mass is 32.2. The third kappa shape index (κ3) is 3.75. The van der Waals surface area contributed by atoms with Crippen molar-refractivity contribution in [3.8, 4) is 6.07 Å². The number of aromatic nitrogens is 1. The monoisotopic (exact) mass is 271 g/mol. The van der Waals surface area contributed by atoms with E-state index in [-0.39, 0.29) is 23.7 Å². The molecule has 0 aliphatic heterocycles. The number of sulfonamides is 1. The quantitative estimate of drug-likeness (QED) is 0.703. The Kier molecular flexibility index (Phi) is 5.18. The van der Waals surface area contributed by atoms with Crippen LogP contribution in [0.3, 0.4) is 0 Å². The van der Waals surface area contributed by atoms with Gasteiger partial charge in [-0.3, -0.25) is 0 Å². The first-order valence-electron chi connectivity index (χ1n) is 5.03. The van der Waals surface area contributed by atoms with Gasteiger partial charge in [-0.1, -0.05) is 0 Å². The van der Waals surface area contributed by atoms with Crippen molar-refractivity contribution in [2.75, 3.05) is 20.3 Å². The summed E-state index contributed by atoms with van der Waals surface area (Å²) >= 11 is 0. The normalized spacial score (nSPS) is 12.9. The lowest BCUT2D eigenvalue weighted by Gasteiger charge is -2.11. The Hall–Kier alpha value is -1.53. The van der Waals surface area contributed by atoms with Gasteiger partial charge in [-0.15, -0.1) is 0 Å². The van der Waals surface area contributed by atoms with Crippen molar-refractivity contribution < 1.29 is 18.3 Å². The zero-order valence-corrected chi connectivity index (χ0v) is 10.5. The van der Waals surface area contributed by atoms with Crippen molar-refractivity contribution >= 4 is 10.0 Å². The molecule has 1 unspecified atom stereocenters. The molecule has 0 amide bonds. The summed E-state index contributed by atoms with van der Waals surface area (Å²) < 4.78 is 30.6. The number of nitriles is 1. The summed E-state index contributed by atoms with van der Waals surface area (Å²) in [6.07, 6.45) is 0.379. The molecule has 0 bridgehead atoms. The van der Waals surface area contributed by atoms with E-state index in [2.05, 4.69) is 14.4 Å². The molecule has 1 heterocycles. The van der Waals surface area contributed by atoms with Crippen LogP contribution in [0, 0.1) is 11.3 Å². The predicted octanol–water partition coefficient (Wildman–Crippen LogP) is -0.761. The van der Waals surface area contributed by atoms with Crippen molar-refractivity contribution in [2.24, 2.45) is 0 Å². The average Bonchev–Trinajstić information content (AvgIpc) is 2.37. The number of hydrogen-bond acceptors (Lipinski definition) is 6. The lowest BCUT2D eigenvalue weighted by atomic mass is 10.4. The van der Waals surface area contributed by atoms with Gasteiger partial charge in [0, 0.05) is 19.9 Å². The average molecular weight is 271 g/mol. The molecule has 1 aromatic heterocycles. The van der Waals surface area contributed by atoms with E-state index in [0.29, 0.717) is 0 Å². The maximum Gasteiger partial charge on any atom is 0.243 e. The SMILES string of the molecule is COCC(O)CNS(=O)(=O)c1cccnc1C#N. The van der Waals surface area contributed by atoms with Gasteiger partial charge in [0.25, 0.3) is 0 Å². The Labute approximate surface area is 105 Å². The van der Waals surface area contributed by atoms with E-state index >= 15 is 0 Å². The van der Waals surface area contributed by atoms with Crippen LogP contribution in [-0.4, -0.2) is 44.9 Å². The summed E-state index contributed by atoms with van der Waals surface area (Å²) in [5.41, 5.74) is -0.189. The van der Waals surface area contributed by atoms with Crippen LogP contribution in [0.15, 0.2) is 23.2 Å². The molecule has 8 heteroatoms. The summed E-state index contributed by atoms with van der Waals surface area (Å²) in [5.74, 6) is 0. The highest BCUT2D eigenvalue weighted by molar-refractivity contribution is 7.89. The Balaban J connectivity index is 2.84. The van der Waals surface area contributed by atoms with Crippen LogP contribution in [0.5, 0.6) is 0 Å². The molecule has 7 nitrogen and oxygen atoms in total. The van der Waals surface area contributed by atoms with Crippen LogP contribution < -0.4 is 4.72 Å². The van der Waals surface area contributed by atoms with Gasteiger partial charge in [0.05, 0.1) is 12.7 Å². The van der Waals surface area contributed by atoms with Crippen molar-refractivity contribution in [2.45, 2.75) is 11.0 Å². The predicted molar refractivity (Wildman–Crippen MR) is 62.0 cm³/mol. The maximum absolute atomic E-state index is 11.9. The Morgan fingerprint density at radius 1 is 1.67 bits per heavy atom. The number of rotatable bonds is 6. The topological polar surface area (TPSA) is 112 Å². The Morgan fingerprint density at radius 3 is 3.00 bits per heavy atom. The van der Waals surface area contributed by atoms with Crippen LogP contribution >= 0.6 is 0 Å². The number of aliphatic hydroxyl groups excluding tert-OH is 1. The molecular weight excluding hydrogens is 258 g/mol. The number of pyridine rings is 1. The summed E-state index contributed by atoms with van der Waals surface area (Å²) in [6, 6.07) is 4.39. The Bertz CT molecular complexity index is 538. The standard InChI is InChI=1S/C10H13N3O4S/c1-17-7-8(14)6-13-18(15,16)10-3-2-4-12-9(10)5-11/h2-4,8,13-14H,6-7H2,1H3. The van der Waals surface area contributed by atoms with Gasteiger partial charge in [-0.05, 0) is 12.1 Å². The van der Waals surface area contributed by atoms with Gasteiger partial charge in [0.1, 0.15) is 11.0 Å². The molecule has 18 heavy (non-hydrogen) atoms. The van der Waals surface area contributed by atoms with Crippen LogP contribution in [-0.2, 0) is 14.8 Å². The van der Waals surface area contributed by atoms with Crippen molar-refractivity contribution in [1.29, 1.82) is 5.26 Å². The van der Waals surface area contributed by atoms with Gasteiger partial charge in [0.15, 0.2) is 5.69 Å². The van der Waals surface area contributed by atoms with E-state index in [4.69, 9.17) is 5.26 Å². The highest BCUT2D eigenvalue weighted by Gasteiger charge is 2.20. The zero-order chi connectivity index (χ0) is 13.6. The number of ether oxygens (including phenoxy) is 1. The van der Waals surface area contributed by atoms with Gasteiger partial charge in [-0.25, -0.2) is 18.1 Å². The first-order valence-corrected chi connectivity index (χ1v) is 6.51. The third-order valence-electron chi connectivity index (χ3n) is 2.03. The minimum Gasteiger partial charge on any atom is -0.389 e. The molecule has 0 fully saturated rings. The number of nitrogens with zero attached hydrogens (tertiary/aromatic N) is 2. The third-order valence-corrected chi connectivity index (χ3v) is 3.49. The molecule has 98 valence electrons. The van der Waals surface area contributed by atoms with E-state index in [1.807, 2.05) is 0 Å². The van der Waals surface area contributed by atoms with Crippen molar-refractivity contribution in [3.05, 3.63) is 24.0 Å². The first-order chi connectivity index (χ1) is 8.51. The van der Waals surface area contributed by atoms with Crippen LogP contribution in [0.25, 0.3) is 0 Å². The minimum absolute atomic E-state index is 0.0146. The number of methoxy groups -OCH3 is 1. The molecule has 0 saturated heterocycles. The minimum atomic E-state index is -3.87. The number of aliphatic hydroxyl groups is 1. The lowest BCUT2D eigenvalue weighted by molar-refractivity contribution is 0.0679. The molecule has 0 aliphatic carbocycles. The number of nitrogens with one attached hydrogen (secondary N) is 1. The molecular formula is C10H13N3O4S. The molecule has 2 N–H and O–H groups in total. The molecule has 1 aromatic rings. The zero-order valence-electron chi connectivity index (χ0n) is 9.70. The smallest absolute Gasteiger partial charge is 0.243 e. The van der Waals surface area contributed by atoms with Crippen LogP contribution in [0.1, 0.15) is 5.69 Å². The second kappa shape index (κ2) is 6.42. The summed E-state index contributed by atoms with van der Waals surface area (Å²) in [7, 11) is -2.47. The fourth-order valence-electron chi connectivity index (χ4n) is 1.23. The highest BCUT2D eigenvalue weighted by Crippen LogP contribution is 2.11. The Morgan fingerprint density at radius 2 is 2.39 bits per heavy atom. The molecule has 0 aromatic carbocycles. The van der Waals surface area contributed by atoms with E-state index in [1.54, 1.807) is 6.07 Å². The van der Waals surface area contributed by atoms with Crippen LogP contribution in [0.4, 0.5) is 0 Å². The van der Waals surface area contributed by atoms with Crippen molar-refractivity contribution in [1.82, 2.24) is 9.71 Å². The maximum atomic E-state index is 11.9. The summed E-state index contributed by atoms with van der Waals surface area (Å²) in [6.45, 7) is -0.184. The largest absolute Gasteiger partial charge is 0.389 e. The molecule has 1 rings (SSSR count). The molecule has 0 radical (unpaired) electrons. The lowest BCUT2D eigenvalue weighted by Crippen LogP contribution is -2.34. The second-order valence-corrected chi connectivity index (χ2v) is 5.16. The second-order valence-electron chi connectivity index (χ2n) is 3.42. The van der Waals surface area contributed by atoms with Gasteiger partial charge < -0.3 is 9.84 Å². The van der Waals surface area contributed by atoms with Crippen molar-refractivity contribution in [3.63, 3.8) is 0 Å². The molecule has 0 aliphatic rings.